The number of ether oxygens (including phenoxy) is 2. The summed E-state index contributed by atoms with van der Waals surface area (Å²) in [7, 11) is -3.93. The van der Waals surface area contributed by atoms with E-state index in [4.69, 9.17) is 9.47 Å². The smallest absolute Gasteiger partial charge is 0.412 e. The number of anilines is 1. The van der Waals surface area contributed by atoms with Crippen LogP contribution >= 0.6 is 0 Å². The Balaban J connectivity index is 1.39. The number of nitrogens with one attached hydrogen (secondary N) is 4. The first-order valence-corrected chi connectivity index (χ1v) is 18.5. The minimum Gasteiger partial charge on any atom is -0.444 e. The topological polar surface area (TPSA) is 220 Å². The summed E-state index contributed by atoms with van der Waals surface area (Å²) in [5.41, 5.74) is -2.57. The lowest BCUT2D eigenvalue weighted by Gasteiger charge is -2.36. The SMILES string of the molecule is C=CC1CC1(NC(=O)C1CC(OC(=O)Nc2ccccc2-n2nccn2)CN1C(=O)C(NC(=O)OC(C)(C)C)C(C)(C)C)C(=O)NS(=O)(=O)C1CC1. The van der Waals surface area contributed by atoms with Crippen molar-refractivity contribution in [1.82, 2.24) is 35.2 Å². The summed E-state index contributed by atoms with van der Waals surface area (Å²) in [6.07, 6.45) is 2.44. The van der Waals surface area contributed by atoms with E-state index in [2.05, 4.69) is 37.4 Å². The summed E-state index contributed by atoms with van der Waals surface area (Å²) in [4.78, 5) is 70.5. The molecule has 5 unspecified atom stereocenters. The summed E-state index contributed by atoms with van der Waals surface area (Å²) in [6.45, 7) is 13.7. The molecular formula is C34H46N8O9S. The molecule has 2 aromatic rings. The molecule has 52 heavy (non-hydrogen) atoms. The molecule has 18 heteroatoms. The zero-order valence-electron chi connectivity index (χ0n) is 30.0. The first kappa shape index (κ1) is 38.2. The van der Waals surface area contributed by atoms with Gasteiger partial charge in [-0.3, -0.25) is 24.4 Å². The minimum atomic E-state index is -3.93. The Morgan fingerprint density at radius 1 is 1.02 bits per heavy atom. The fourth-order valence-electron chi connectivity index (χ4n) is 6.02. The van der Waals surface area contributed by atoms with Crippen LogP contribution in [0, 0.1) is 11.3 Å². The van der Waals surface area contributed by atoms with E-state index in [0.29, 0.717) is 24.2 Å². The molecule has 3 fully saturated rings. The van der Waals surface area contributed by atoms with Crippen molar-refractivity contribution in [3.05, 3.63) is 49.3 Å². The Bertz CT molecular complexity index is 1830. The maximum absolute atomic E-state index is 14.3. The number of sulfonamides is 1. The van der Waals surface area contributed by atoms with Crippen LogP contribution in [0.2, 0.25) is 0 Å². The van der Waals surface area contributed by atoms with Gasteiger partial charge in [0.25, 0.3) is 5.91 Å². The van der Waals surface area contributed by atoms with E-state index in [0.717, 1.165) is 0 Å². The normalized spacial score (nSPS) is 23.5. The number of hydrogen-bond acceptors (Lipinski definition) is 11. The lowest BCUT2D eigenvalue weighted by molar-refractivity contribution is -0.143. The van der Waals surface area contributed by atoms with Gasteiger partial charge in [-0.05, 0) is 57.6 Å². The van der Waals surface area contributed by atoms with E-state index < -0.39 is 85.8 Å². The van der Waals surface area contributed by atoms with Crippen LogP contribution in [0.15, 0.2) is 49.3 Å². The second-order valence-corrected chi connectivity index (χ2v) is 17.3. The van der Waals surface area contributed by atoms with E-state index in [1.54, 1.807) is 65.8 Å². The highest BCUT2D eigenvalue weighted by Crippen LogP contribution is 2.45. The zero-order chi connectivity index (χ0) is 38.2. The Labute approximate surface area is 302 Å². The van der Waals surface area contributed by atoms with Gasteiger partial charge < -0.3 is 25.0 Å². The molecule has 3 aliphatic rings. The van der Waals surface area contributed by atoms with E-state index in [-0.39, 0.29) is 19.4 Å². The Morgan fingerprint density at radius 2 is 1.67 bits per heavy atom. The van der Waals surface area contributed by atoms with Gasteiger partial charge in [0.2, 0.25) is 21.8 Å². The Morgan fingerprint density at radius 3 is 2.25 bits per heavy atom. The molecule has 1 saturated heterocycles. The van der Waals surface area contributed by atoms with Crippen molar-refractivity contribution in [1.29, 1.82) is 0 Å². The lowest BCUT2D eigenvalue weighted by atomic mass is 9.85. The lowest BCUT2D eigenvalue weighted by Crippen LogP contribution is -2.60. The predicted molar refractivity (Wildman–Crippen MR) is 187 cm³/mol. The largest absolute Gasteiger partial charge is 0.444 e. The molecule has 4 N–H and O–H groups in total. The summed E-state index contributed by atoms with van der Waals surface area (Å²) < 4.78 is 38.5. The third-order valence-electron chi connectivity index (χ3n) is 8.92. The molecule has 5 atom stereocenters. The van der Waals surface area contributed by atoms with Gasteiger partial charge in [-0.25, -0.2) is 18.0 Å². The van der Waals surface area contributed by atoms with Crippen molar-refractivity contribution in [2.75, 3.05) is 11.9 Å². The van der Waals surface area contributed by atoms with E-state index >= 15 is 0 Å². The van der Waals surface area contributed by atoms with Gasteiger partial charge in [0.15, 0.2) is 0 Å². The number of benzene rings is 1. The average Bonchev–Trinajstić information content (AvgIpc) is 3.91. The third kappa shape index (κ3) is 8.71. The van der Waals surface area contributed by atoms with Crippen molar-refractivity contribution in [3.63, 3.8) is 0 Å². The molecule has 0 bridgehead atoms. The maximum Gasteiger partial charge on any atom is 0.412 e. The molecule has 5 rings (SSSR count). The highest BCUT2D eigenvalue weighted by molar-refractivity contribution is 7.91. The van der Waals surface area contributed by atoms with E-state index in [1.807, 2.05) is 0 Å². The summed E-state index contributed by atoms with van der Waals surface area (Å²) in [5.74, 6) is -2.91. The first-order chi connectivity index (χ1) is 24.2. The van der Waals surface area contributed by atoms with Gasteiger partial charge in [-0.15, -0.1) is 11.4 Å². The average molecular weight is 743 g/mol. The van der Waals surface area contributed by atoms with Crippen molar-refractivity contribution >= 4 is 45.6 Å². The van der Waals surface area contributed by atoms with Gasteiger partial charge in [0.1, 0.15) is 35.0 Å². The molecule has 2 heterocycles. The fraction of sp³-hybridized carbons (Fsp3) is 0.559. The molecule has 1 aliphatic heterocycles. The van der Waals surface area contributed by atoms with Gasteiger partial charge in [0, 0.05) is 12.3 Å². The monoisotopic (exact) mass is 742 g/mol. The number of rotatable bonds is 11. The van der Waals surface area contributed by atoms with Crippen LogP contribution in [0.1, 0.15) is 67.2 Å². The zero-order valence-corrected chi connectivity index (χ0v) is 30.9. The van der Waals surface area contributed by atoms with Crippen molar-refractivity contribution in [3.8, 4) is 5.69 Å². The Kier molecular flexibility index (Phi) is 10.4. The number of alkyl carbamates (subject to hydrolysis) is 1. The quantitative estimate of drug-likeness (QED) is 0.245. The number of aromatic nitrogens is 3. The molecule has 282 valence electrons. The molecule has 5 amide bonds. The maximum atomic E-state index is 14.3. The number of amides is 5. The summed E-state index contributed by atoms with van der Waals surface area (Å²) in [6, 6.07) is 4.26. The van der Waals surface area contributed by atoms with Gasteiger partial charge in [0.05, 0.1) is 29.9 Å². The van der Waals surface area contributed by atoms with Crippen LogP contribution in [0.3, 0.4) is 0 Å². The van der Waals surface area contributed by atoms with E-state index in [1.165, 1.54) is 28.2 Å². The van der Waals surface area contributed by atoms with E-state index in [9.17, 15) is 32.4 Å². The highest BCUT2D eigenvalue weighted by Gasteiger charge is 2.62. The van der Waals surface area contributed by atoms with Crippen molar-refractivity contribution in [2.45, 2.75) is 102 Å². The third-order valence-corrected chi connectivity index (χ3v) is 10.7. The van der Waals surface area contributed by atoms with Crippen LogP contribution in [0.5, 0.6) is 0 Å². The van der Waals surface area contributed by atoms with Crippen LogP contribution in [0.4, 0.5) is 15.3 Å². The van der Waals surface area contributed by atoms with Crippen LogP contribution in [-0.2, 0) is 33.9 Å². The fourth-order valence-corrected chi connectivity index (χ4v) is 7.38. The molecule has 1 aromatic carbocycles. The minimum absolute atomic E-state index is 0.0899. The number of carbonyl (C=O) groups excluding carboxylic acids is 5. The van der Waals surface area contributed by atoms with Crippen LogP contribution in [-0.4, -0.2) is 99.3 Å². The van der Waals surface area contributed by atoms with Crippen LogP contribution < -0.4 is 20.7 Å². The summed E-state index contributed by atoms with van der Waals surface area (Å²) >= 11 is 0. The summed E-state index contributed by atoms with van der Waals surface area (Å²) in [5, 5.41) is 15.5. The molecule has 2 aliphatic carbocycles. The molecule has 0 radical (unpaired) electrons. The second kappa shape index (κ2) is 14.2. The molecular weight excluding hydrogens is 696 g/mol. The van der Waals surface area contributed by atoms with Crippen molar-refractivity contribution < 1.29 is 41.9 Å². The van der Waals surface area contributed by atoms with Gasteiger partial charge in [-0.1, -0.05) is 39.0 Å². The molecule has 0 spiro atoms. The Hall–Kier alpha value is -5.00. The number of nitrogens with zero attached hydrogens (tertiary/aromatic N) is 4. The number of likely N-dealkylation sites (tertiary alicyclic amines) is 1. The number of para-hydroxylation sites is 2. The molecule has 17 nitrogen and oxygen atoms in total. The standard InChI is InChI=1S/C34H46N8O9S/c1-8-20-18-34(20,29(45)40-52(48,49)22-13-14-22)39-27(43)25-17-21(50-30(46)37-23-11-9-10-12-24(23)42-35-15-16-36-42)19-41(25)28(44)26(32(2,3)4)38-31(47)51-33(5,6)7/h8-12,15-16,20-22,25-26H,1,13-14,17-19H2,2-7H3,(H,37,46)(H,38,47)(H,39,43)(H,40,45). The van der Waals surface area contributed by atoms with Crippen LogP contribution in [0.25, 0.3) is 5.69 Å². The first-order valence-electron chi connectivity index (χ1n) is 17.0. The molecule has 1 aromatic heterocycles. The predicted octanol–water partition coefficient (Wildman–Crippen LogP) is 2.39. The van der Waals surface area contributed by atoms with Crippen molar-refractivity contribution in [2.24, 2.45) is 11.3 Å². The highest BCUT2D eigenvalue weighted by atomic mass is 32.2. The van der Waals surface area contributed by atoms with Gasteiger partial charge in [-0.2, -0.15) is 10.2 Å². The number of hydrogen-bond donors (Lipinski definition) is 4. The van der Waals surface area contributed by atoms with Gasteiger partial charge >= 0.3 is 12.2 Å². The second-order valence-electron chi connectivity index (χ2n) is 15.4. The number of carbonyl (C=O) groups is 5. The molecule has 2 saturated carbocycles.